The van der Waals surface area contributed by atoms with Crippen LogP contribution >= 0.6 is 11.6 Å². The molecule has 1 heterocycles. The number of anilines is 2. The van der Waals surface area contributed by atoms with Gasteiger partial charge in [0.05, 0.1) is 17.9 Å². The minimum atomic E-state index is -1.05. The van der Waals surface area contributed by atoms with E-state index < -0.39 is 5.97 Å². The third kappa shape index (κ3) is 1.94. The monoisotopic (exact) mass is 240 g/mol. The van der Waals surface area contributed by atoms with Gasteiger partial charge in [0, 0.05) is 5.02 Å². The molecule has 0 fully saturated rings. The number of carboxylic acids is 1. The molecule has 1 aliphatic heterocycles. The minimum absolute atomic E-state index is 0.0991. The molecule has 0 aromatic heterocycles. The number of fused-ring (bicyclic) bond motifs is 1. The minimum Gasteiger partial charge on any atom is -0.480 e. The predicted molar refractivity (Wildman–Crippen MR) is 59.9 cm³/mol. The first kappa shape index (κ1) is 10.8. The molecule has 0 spiro atoms. The molecule has 0 unspecified atom stereocenters. The van der Waals surface area contributed by atoms with Crippen molar-refractivity contribution in [3.8, 4) is 0 Å². The van der Waals surface area contributed by atoms with Gasteiger partial charge < -0.3 is 10.4 Å². The molecule has 0 saturated heterocycles. The first-order valence-corrected chi connectivity index (χ1v) is 5.01. The molecule has 0 aliphatic carbocycles. The van der Waals surface area contributed by atoms with Crippen molar-refractivity contribution in [3.63, 3.8) is 0 Å². The Morgan fingerprint density at radius 1 is 1.56 bits per heavy atom. The summed E-state index contributed by atoms with van der Waals surface area (Å²) in [6.45, 7) is -0.254. The fourth-order valence-corrected chi connectivity index (χ4v) is 1.75. The SMILES string of the molecule is O=C(O)CN1C(=O)CNc2ccc(Cl)cc21. The van der Waals surface area contributed by atoms with Crippen LogP contribution in [0.25, 0.3) is 0 Å². The molecule has 2 rings (SSSR count). The molecule has 2 N–H and O–H groups in total. The molecule has 1 amide bonds. The van der Waals surface area contributed by atoms with Gasteiger partial charge in [-0.05, 0) is 18.2 Å². The number of amides is 1. The molecule has 1 aliphatic rings. The quantitative estimate of drug-likeness (QED) is 0.815. The van der Waals surface area contributed by atoms with Crippen molar-refractivity contribution < 1.29 is 14.7 Å². The summed E-state index contributed by atoms with van der Waals surface area (Å²) in [5, 5.41) is 12.1. The number of halogens is 1. The second kappa shape index (κ2) is 4.02. The highest BCUT2D eigenvalue weighted by molar-refractivity contribution is 6.31. The lowest BCUT2D eigenvalue weighted by atomic mass is 10.2. The summed E-state index contributed by atoms with van der Waals surface area (Å²) >= 11 is 5.81. The molecule has 16 heavy (non-hydrogen) atoms. The molecule has 0 saturated carbocycles. The van der Waals surface area contributed by atoms with Gasteiger partial charge in [-0.25, -0.2) is 0 Å². The fraction of sp³-hybridized carbons (Fsp3) is 0.200. The smallest absolute Gasteiger partial charge is 0.323 e. The number of aliphatic carboxylic acids is 1. The zero-order valence-corrected chi connectivity index (χ0v) is 8.99. The number of carbonyl (C=O) groups excluding carboxylic acids is 1. The van der Waals surface area contributed by atoms with Crippen LogP contribution in [0.15, 0.2) is 18.2 Å². The van der Waals surface area contributed by atoms with Gasteiger partial charge in [-0.3, -0.25) is 14.5 Å². The molecule has 0 bridgehead atoms. The van der Waals surface area contributed by atoms with Crippen LogP contribution in [-0.2, 0) is 9.59 Å². The average molecular weight is 241 g/mol. The molecule has 84 valence electrons. The summed E-state index contributed by atoms with van der Waals surface area (Å²) in [5.41, 5.74) is 1.22. The van der Waals surface area contributed by atoms with Crippen LogP contribution in [0.3, 0.4) is 0 Å². The highest BCUT2D eigenvalue weighted by Gasteiger charge is 2.25. The predicted octanol–water partition coefficient (Wildman–Crippen LogP) is 1.18. The maximum absolute atomic E-state index is 11.6. The van der Waals surface area contributed by atoms with Crippen molar-refractivity contribution in [2.24, 2.45) is 0 Å². The molecule has 0 atom stereocenters. The van der Waals surface area contributed by atoms with E-state index in [2.05, 4.69) is 5.32 Å². The number of hydrogen-bond acceptors (Lipinski definition) is 3. The van der Waals surface area contributed by atoms with Gasteiger partial charge in [0.2, 0.25) is 5.91 Å². The van der Waals surface area contributed by atoms with Gasteiger partial charge in [0.1, 0.15) is 6.54 Å². The van der Waals surface area contributed by atoms with Crippen LogP contribution in [0.4, 0.5) is 11.4 Å². The lowest BCUT2D eigenvalue weighted by Crippen LogP contribution is -2.42. The van der Waals surface area contributed by atoms with Crippen LogP contribution < -0.4 is 10.2 Å². The van der Waals surface area contributed by atoms with Crippen LogP contribution in [0.2, 0.25) is 5.02 Å². The van der Waals surface area contributed by atoms with Gasteiger partial charge in [0.15, 0.2) is 0 Å². The summed E-state index contributed by atoms with van der Waals surface area (Å²) in [4.78, 5) is 23.4. The lowest BCUT2D eigenvalue weighted by molar-refractivity contribution is -0.136. The van der Waals surface area contributed by atoms with Crippen molar-refractivity contribution in [1.29, 1.82) is 0 Å². The zero-order chi connectivity index (χ0) is 11.7. The number of benzene rings is 1. The average Bonchev–Trinajstić information content (AvgIpc) is 2.22. The second-order valence-electron chi connectivity index (χ2n) is 3.39. The first-order chi connectivity index (χ1) is 7.58. The zero-order valence-electron chi connectivity index (χ0n) is 8.24. The van der Waals surface area contributed by atoms with Gasteiger partial charge in [-0.2, -0.15) is 0 Å². The van der Waals surface area contributed by atoms with Crippen molar-refractivity contribution >= 4 is 34.9 Å². The number of nitrogens with zero attached hydrogens (tertiary/aromatic N) is 1. The number of hydrogen-bond donors (Lipinski definition) is 2. The normalized spacial score (nSPS) is 14.3. The number of carbonyl (C=O) groups is 2. The molecule has 1 aromatic rings. The number of rotatable bonds is 2. The summed E-state index contributed by atoms with van der Waals surface area (Å²) in [5.74, 6) is -1.33. The van der Waals surface area contributed by atoms with E-state index in [4.69, 9.17) is 16.7 Å². The summed E-state index contributed by atoms with van der Waals surface area (Å²) in [6, 6.07) is 4.98. The Morgan fingerprint density at radius 3 is 3.00 bits per heavy atom. The van der Waals surface area contributed by atoms with Crippen molar-refractivity contribution in [3.05, 3.63) is 23.2 Å². The van der Waals surface area contributed by atoms with E-state index in [9.17, 15) is 9.59 Å². The fourth-order valence-electron chi connectivity index (χ4n) is 1.59. The van der Waals surface area contributed by atoms with Crippen molar-refractivity contribution in [1.82, 2.24) is 0 Å². The molecule has 5 nitrogen and oxygen atoms in total. The van der Waals surface area contributed by atoms with E-state index in [0.717, 1.165) is 0 Å². The third-order valence-electron chi connectivity index (χ3n) is 2.28. The maximum Gasteiger partial charge on any atom is 0.323 e. The molecule has 6 heteroatoms. The summed E-state index contributed by atoms with van der Waals surface area (Å²) < 4.78 is 0. The molecular formula is C10H9ClN2O3. The molecule has 0 radical (unpaired) electrons. The Morgan fingerprint density at radius 2 is 2.31 bits per heavy atom. The summed E-state index contributed by atoms with van der Waals surface area (Å²) in [6.07, 6.45) is 0. The van der Waals surface area contributed by atoms with Gasteiger partial charge in [0.25, 0.3) is 0 Å². The third-order valence-corrected chi connectivity index (χ3v) is 2.51. The van der Waals surface area contributed by atoms with E-state index in [1.54, 1.807) is 18.2 Å². The van der Waals surface area contributed by atoms with Crippen LogP contribution in [-0.4, -0.2) is 30.1 Å². The van der Waals surface area contributed by atoms with Crippen LogP contribution in [0.1, 0.15) is 0 Å². The van der Waals surface area contributed by atoms with Crippen molar-refractivity contribution in [2.45, 2.75) is 0 Å². The number of carboxylic acid groups (broad SMARTS) is 1. The summed E-state index contributed by atoms with van der Waals surface area (Å²) in [7, 11) is 0. The van der Waals surface area contributed by atoms with E-state index in [1.807, 2.05) is 0 Å². The standard InChI is InChI=1S/C10H9ClN2O3/c11-6-1-2-7-8(3-6)13(5-10(15)16)9(14)4-12-7/h1-3,12H,4-5H2,(H,15,16). The van der Waals surface area contributed by atoms with E-state index in [1.165, 1.54) is 4.90 Å². The van der Waals surface area contributed by atoms with E-state index in [-0.39, 0.29) is 19.0 Å². The Labute approximate surface area is 96.6 Å². The topological polar surface area (TPSA) is 69.6 Å². The van der Waals surface area contributed by atoms with Gasteiger partial charge in [-0.15, -0.1) is 0 Å². The largest absolute Gasteiger partial charge is 0.480 e. The van der Waals surface area contributed by atoms with Crippen LogP contribution in [0, 0.1) is 0 Å². The number of nitrogens with one attached hydrogen (secondary N) is 1. The van der Waals surface area contributed by atoms with Gasteiger partial charge >= 0.3 is 5.97 Å². The Kier molecular flexibility index (Phi) is 2.70. The Balaban J connectivity index is 2.42. The van der Waals surface area contributed by atoms with E-state index >= 15 is 0 Å². The Hall–Kier alpha value is -1.75. The second-order valence-corrected chi connectivity index (χ2v) is 3.83. The lowest BCUT2D eigenvalue weighted by Gasteiger charge is -2.28. The Bertz CT molecular complexity index is 461. The highest BCUT2D eigenvalue weighted by atomic mass is 35.5. The highest BCUT2D eigenvalue weighted by Crippen LogP contribution is 2.31. The van der Waals surface area contributed by atoms with Crippen LogP contribution in [0.5, 0.6) is 0 Å². The van der Waals surface area contributed by atoms with Gasteiger partial charge in [-0.1, -0.05) is 11.6 Å². The molecule has 1 aromatic carbocycles. The van der Waals surface area contributed by atoms with Crippen molar-refractivity contribution in [2.75, 3.05) is 23.3 Å². The maximum atomic E-state index is 11.6. The van der Waals surface area contributed by atoms with E-state index in [0.29, 0.717) is 16.4 Å². The molecular weight excluding hydrogens is 232 g/mol. The first-order valence-electron chi connectivity index (χ1n) is 4.63.